The Morgan fingerprint density at radius 3 is 2.58 bits per heavy atom. The van der Waals surface area contributed by atoms with Gasteiger partial charge in [-0.2, -0.15) is 5.10 Å². The predicted molar refractivity (Wildman–Crippen MR) is 141 cm³/mol. The smallest absolute Gasteiger partial charge is 0.228 e. The molecular formula is C25H24Cl2N8O. The van der Waals surface area contributed by atoms with E-state index >= 15 is 0 Å². The van der Waals surface area contributed by atoms with Crippen LogP contribution in [0.15, 0.2) is 61.2 Å². The van der Waals surface area contributed by atoms with Crippen LogP contribution in [0.25, 0.3) is 17.1 Å². The first-order valence-electron chi connectivity index (χ1n) is 11.4. The van der Waals surface area contributed by atoms with Gasteiger partial charge in [-0.15, -0.1) is 0 Å². The third-order valence-electron chi connectivity index (χ3n) is 6.12. The molecule has 1 amide bonds. The van der Waals surface area contributed by atoms with Crippen LogP contribution in [0.3, 0.4) is 0 Å². The normalized spacial score (nSPS) is 16.0. The number of piperidine rings is 1. The van der Waals surface area contributed by atoms with E-state index in [1.165, 1.54) is 0 Å². The lowest BCUT2D eigenvalue weighted by molar-refractivity contribution is -0.120. The fraction of sp³-hybridized carbons (Fsp3) is 0.240. The molecule has 1 aromatic carbocycles. The van der Waals surface area contributed by atoms with Gasteiger partial charge in [0.25, 0.3) is 0 Å². The van der Waals surface area contributed by atoms with E-state index in [0.29, 0.717) is 52.1 Å². The maximum atomic E-state index is 12.6. The number of anilines is 3. The molecule has 0 saturated carbocycles. The average Bonchev–Trinajstić information content (AvgIpc) is 3.36. The molecule has 184 valence electrons. The van der Waals surface area contributed by atoms with Crippen LogP contribution in [-0.2, 0) is 4.79 Å². The van der Waals surface area contributed by atoms with Crippen LogP contribution >= 0.6 is 23.2 Å². The van der Waals surface area contributed by atoms with Crippen molar-refractivity contribution in [2.24, 2.45) is 0 Å². The molecule has 0 spiro atoms. The van der Waals surface area contributed by atoms with E-state index in [1.807, 2.05) is 43.3 Å². The Morgan fingerprint density at radius 1 is 1.06 bits per heavy atom. The molecule has 9 nitrogen and oxygen atoms in total. The summed E-state index contributed by atoms with van der Waals surface area (Å²) in [6.07, 6.45) is 8.07. The van der Waals surface area contributed by atoms with Crippen molar-refractivity contribution in [3.05, 3.63) is 71.2 Å². The summed E-state index contributed by atoms with van der Waals surface area (Å²) in [5.41, 5.74) is 2.89. The molecule has 36 heavy (non-hydrogen) atoms. The summed E-state index contributed by atoms with van der Waals surface area (Å²) in [6.45, 7) is 0.704. The summed E-state index contributed by atoms with van der Waals surface area (Å²) in [4.78, 5) is 29.7. The second-order valence-electron chi connectivity index (χ2n) is 8.70. The van der Waals surface area contributed by atoms with Gasteiger partial charge in [-0.3, -0.25) is 4.79 Å². The molecule has 0 aliphatic carbocycles. The second-order valence-corrected chi connectivity index (χ2v) is 9.51. The molecule has 1 aliphatic rings. The number of nitrogens with zero attached hydrogens (tertiary/aromatic N) is 7. The van der Waals surface area contributed by atoms with Crippen LogP contribution in [0.2, 0.25) is 10.0 Å². The molecule has 0 unspecified atom stereocenters. The largest absolute Gasteiger partial charge is 0.324 e. The van der Waals surface area contributed by atoms with Gasteiger partial charge in [0.05, 0.1) is 28.1 Å². The van der Waals surface area contributed by atoms with Gasteiger partial charge in [-0.25, -0.2) is 19.6 Å². The number of pyridine rings is 1. The molecule has 1 atom stereocenters. The number of carbonyl (C=O) groups is 1. The van der Waals surface area contributed by atoms with Gasteiger partial charge < -0.3 is 15.1 Å². The third-order valence-corrected chi connectivity index (χ3v) is 6.69. The number of benzene rings is 1. The van der Waals surface area contributed by atoms with Crippen molar-refractivity contribution in [3.8, 4) is 17.1 Å². The first kappa shape index (κ1) is 24.2. The molecule has 4 aromatic rings. The number of rotatable bonds is 6. The standard InChI is InChI=1S/C25H24Cl2N8O/c1-33(2)19-9-11-34(22(36)12-19)18-7-5-17(6-8-18)31-25-29-14-21(27)23(32-25)16-13-30-35(15-16)24-20(26)4-3-10-28-24/h3-8,10,13-15,19H,9,11-12H2,1-2H3,(H,29,31,32)/t19-/m0/s1. The summed E-state index contributed by atoms with van der Waals surface area (Å²) in [7, 11) is 4.03. The minimum Gasteiger partial charge on any atom is -0.324 e. The predicted octanol–water partition coefficient (Wildman–Crippen LogP) is 4.83. The molecule has 3 aromatic heterocycles. The van der Waals surface area contributed by atoms with E-state index in [-0.39, 0.29) is 5.91 Å². The Balaban J connectivity index is 1.31. The first-order valence-corrected chi connectivity index (χ1v) is 12.2. The van der Waals surface area contributed by atoms with Crippen LogP contribution < -0.4 is 10.2 Å². The van der Waals surface area contributed by atoms with Crippen molar-refractivity contribution in [3.63, 3.8) is 0 Å². The van der Waals surface area contributed by atoms with Crippen LogP contribution in [0.4, 0.5) is 17.3 Å². The minimum atomic E-state index is 0.138. The van der Waals surface area contributed by atoms with Crippen molar-refractivity contribution in [2.45, 2.75) is 18.9 Å². The Bertz CT molecular complexity index is 1390. The molecule has 1 fully saturated rings. The Hall–Kier alpha value is -3.53. The van der Waals surface area contributed by atoms with E-state index in [9.17, 15) is 4.79 Å². The van der Waals surface area contributed by atoms with Gasteiger partial charge in [-0.1, -0.05) is 23.2 Å². The Morgan fingerprint density at radius 2 is 1.86 bits per heavy atom. The highest BCUT2D eigenvalue weighted by Gasteiger charge is 2.27. The maximum Gasteiger partial charge on any atom is 0.228 e. The monoisotopic (exact) mass is 522 g/mol. The molecule has 11 heteroatoms. The number of amides is 1. The quantitative estimate of drug-likeness (QED) is 0.387. The second kappa shape index (κ2) is 10.2. The highest BCUT2D eigenvalue weighted by molar-refractivity contribution is 6.33. The van der Waals surface area contributed by atoms with Gasteiger partial charge in [0, 0.05) is 48.3 Å². The summed E-state index contributed by atoms with van der Waals surface area (Å²) in [5.74, 6) is 1.03. The molecular weight excluding hydrogens is 499 g/mol. The number of hydrogen-bond donors (Lipinski definition) is 1. The van der Waals surface area contributed by atoms with Crippen LogP contribution in [0, 0.1) is 0 Å². The minimum absolute atomic E-state index is 0.138. The SMILES string of the molecule is CN(C)[C@H]1CCN(c2ccc(Nc3ncc(Cl)c(-c4cnn(-c5ncccc5Cl)c4)n3)cc2)C(=O)C1. The summed E-state index contributed by atoms with van der Waals surface area (Å²) < 4.78 is 1.57. The fourth-order valence-corrected chi connectivity index (χ4v) is 4.53. The molecule has 0 bridgehead atoms. The van der Waals surface area contributed by atoms with Gasteiger partial charge in [0.1, 0.15) is 0 Å². The Labute approximate surface area is 218 Å². The van der Waals surface area contributed by atoms with Gasteiger partial charge in [-0.05, 0) is 56.9 Å². The lowest BCUT2D eigenvalue weighted by Crippen LogP contribution is -2.45. The van der Waals surface area contributed by atoms with E-state index < -0.39 is 0 Å². The average molecular weight is 523 g/mol. The summed E-state index contributed by atoms with van der Waals surface area (Å²) in [6, 6.07) is 11.4. The molecule has 4 heterocycles. The van der Waals surface area contributed by atoms with E-state index in [0.717, 1.165) is 17.8 Å². The lowest BCUT2D eigenvalue weighted by Gasteiger charge is -2.34. The number of hydrogen-bond acceptors (Lipinski definition) is 7. The van der Waals surface area contributed by atoms with Crippen molar-refractivity contribution in [2.75, 3.05) is 30.9 Å². The van der Waals surface area contributed by atoms with E-state index in [1.54, 1.807) is 41.6 Å². The van der Waals surface area contributed by atoms with Crippen molar-refractivity contribution in [1.82, 2.24) is 29.6 Å². The number of carbonyl (C=O) groups excluding carboxylic acids is 1. The summed E-state index contributed by atoms with van der Waals surface area (Å²) in [5, 5.41) is 8.42. The lowest BCUT2D eigenvalue weighted by atomic mass is 10.0. The van der Waals surface area contributed by atoms with E-state index in [4.69, 9.17) is 23.2 Å². The highest BCUT2D eigenvalue weighted by Crippen LogP contribution is 2.29. The molecule has 5 rings (SSSR count). The zero-order chi connectivity index (χ0) is 25.2. The fourth-order valence-electron chi connectivity index (χ4n) is 4.12. The molecule has 1 saturated heterocycles. The van der Waals surface area contributed by atoms with Crippen molar-refractivity contribution >= 4 is 46.4 Å². The van der Waals surface area contributed by atoms with Gasteiger partial charge in [0.15, 0.2) is 5.82 Å². The van der Waals surface area contributed by atoms with Crippen molar-refractivity contribution < 1.29 is 4.79 Å². The maximum absolute atomic E-state index is 12.6. The van der Waals surface area contributed by atoms with E-state index in [2.05, 4.69) is 30.3 Å². The zero-order valence-corrected chi connectivity index (χ0v) is 21.3. The Kier molecular flexibility index (Phi) is 6.86. The zero-order valence-electron chi connectivity index (χ0n) is 19.8. The first-order chi connectivity index (χ1) is 17.4. The topological polar surface area (TPSA) is 92.1 Å². The number of aromatic nitrogens is 5. The molecule has 1 N–H and O–H groups in total. The van der Waals surface area contributed by atoms with Crippen LogP contribution in [-0.4, -0.2) is 62.2 Å². The third kappa shape index (κ3) is 5.04. The van der Waals surface area contributed by atoms with Gasteiger partial charge in [0.2, 0.25) is 11.9 Å². The number of nitrogens with one attached hydrogen (secondary N) is 1. The molecule has 0 radical (unpaired) electrons. The number of halogens is 2. The van der Waals surface area contributed by atoms with Crippen molar-refractivity contribution in [1.29, 1.82) is 0 Å². The highest BCUT2D eigenvalue weighted by atomic mass is 35.5. The van der Waals surface area contributed by atoms with Crippen LogP contribution in [0.1, 0.15) is 12.8 Å². The van der Waals surface area contributed by atoms with Crippen LogP contribution in [0.5, 0.6) is 0 Å². The summed E-state index contributed by atoms with van der Waals surface area (Å²) >= 11 is 12.6. The molecule has 1 aliphatic heterocycles. The van der Waals surface area contributed by atoms with Gasteiger partial charge >= 0.3 is 0 Å².